The summed E-state index contributed by atoms with van der Waals surface area (Å²) in [5.41, 5.74) is 11.0. The minimum Gasteiger partial charge on any atom is -0.394 e. The lowest BCUT2D eigenvalue weighted by Crippen LogP contribution is -2.38. The first-order valence-electron chi connectivity index (χ1n) is 4.99. The lowest BCUT2D eigenvalue weighted by molar-refractivity contribution is -0.0226. The molecule has 0 bridgehead atoms. The van der Waals surface area contributed by atoms with Gasteiger partial charge in [0.15, 0.2) is 0 Å². The number of carbonyl (C=O) groups is 1. The van der Waals surface area contributed by atoms with Crippen molar-refractivity contribution < 1.29 is 19.7 Å². The van der Waals surface area contributed by atoms with Gasteiger partial charge in [-0.1, -0.05) is 0 Å². The van der Waals surface area contributed by atoms with Gasteiger partial charge in [-0.15, -0.1) is 11.3 Å². The molecule has 0 aromatic carbocycles. The van der Waals surface area contributed by atoms with Crippen molar-refractivity contribution >= 4 is 17.2 Å². The summed E-state index contributed by atoms with van der Waals surface area (Å²) in [6.45, 7) is -0.320. The van der Waals surface area contributed by atoms with E-state index < -0.39 is 30.3 Å². The molecule has 0 spiro atoms. The molecule has 1 aromatic heterocycles. The predicted octanol–water partition coefficient (Wildman–Crippen LogP) is -1.64. The summed E-state index contributed by atoms with van der Waals surface area (Å²) in [5.74, 6) is -0.627. The number of hydrogen-bond donors (Lipinski definition) is 4. The van der Waals surface area contributed by atoms with Crippen LogP contribution in [0.5, 0.6) is 0 Å². The third kappa shape index (κ3) is 2.17. The fraction of sp³-hybridized carbons (Fsp3) is 0.556. The molecule has 1 aliphatic heterocycles. The summed E-state index contributed by atoms with van der Waals surface area (Å²) in [6, 6.07) is -0.681. The van der Waals surface area contributed by atoms with Crippen LogP contribution in [0.1, 0.15) is 21.6 Å². The first-order valence-corrected chi connectivity index (χ1v) is 5.87. The van der Waals surface area contributed by atoms with Crippen LogP contribution in [0.2, 0.25) is 0 Å². The summed E-state index contributed by atoms with van der Waals surface area (Å²) in [4.78, 5) is 14.9. The van der Waals surface area contributed by atoms with Crippen LogP contribution in [0.3, 0.4) is 0 Å². The smallest absolute Gasteiger partial charge is 0.268 e. The van der Waals surface area contributed by atoms with Crippen LogP contribution in [-0.4, -0.2) is 46.0 Å². The summed E-state index contributed by atoms with van der Waals surface area (Å²) in [6.07, 6.45) is -2.30. The number of rotatable bonds is 3. The zero-order valence-corrected chi connectivity index (χ0v) is 9.63. The molecule has 2 rings (SSSR count). The molecule has 4 atom stereocenters. The van der Waals surface area contributed by atoms with E-state index in [1.807, 2.05) is 0 Å². The molecule has 1 fully saturated rings. The van der Waals surface area contributed by atoms with Crippen LogP contribution in [0.4, 0.5) is 0 Å². The third-order valence-corrected chi connectivity index (χ3v) is 3.55. The first-order chi connectivity index (χ1) is 8.04. The Morgan fingerprint density at radius 1 is 1.65 bits per heavy atom. The molecule has 1 saturated heterocycles. The van der Waals surface area contributed by atoms with Crippen LogP contribution in [0.25, 0.3) is 0 Å². The van der Waals surface area contributed by atoms with Gasteiger partial charge in [0, 0.05) is 5.38 Å². The fourth-order valence-electron chi connectivity index (χ4n) is 1.69. The molecule has 0 saturated carbocycles. The summed E-state index contributed by atoms with van der Waals surface area (Å²) in [5, 5.41) is 20.6. The van der Waals surface area contributed by atoms with E-state index in [0.29, 0.717) is 5.01 Å². The Morgan fingerprint density at radius 2 is 2.35 bits per heavy atom. The molecule has 17 heavy (non-hydrogen) atoms. The average Bonchev–Trinajstić information content (AvgIpc) is 2.87. The Balaban J connectivity index is 2.19. The van der Waals surface area contributed by atoms with E-state index in [1.54, 1.807) is 0 Å². The molecule has 0 radical (unpaired) electrons. The Labute approximate surface area is 101 Å². The average molecular weight is 259 g/mol. The molecule has 0 aliphatic carbocycles. The number of hydrogen-bond acceptors (Lipinski definition) is 7. The van der Waals surface area contributed by atoms with Crippen LogP contribution in [-0.2, 0) is 4.74 Å². The Kier molecular flexibility index (Phi) is 3.40. The van der Waals surface area contributed by atoms with Gasteiger partial charge in [0.25, 0.3) is 5.91 Å². The van der Waals surface area contributed by atoms with Crippen molar-refractivity contribution in [2.24, 2.45) is 11.5 Å². The number of aliphatic hydroxyl groups excluding tert-OH is 2. The molecular formula is C9H13N3O4S. The number of aromatic nitrogens is 1. The SMILES string of the molecule is NC(=O)c1csc([C@@H]2O[C@H](CO)[C@@H](O)[C@@H]2N)n1. The van der Waals surface area contributed by atoms with Gasteiger partial charge in [-0.05, 0) is 0 Å². The number of thiazole rings is 1. The second-order valence-electron chi connectivity index (χ2n) is 3.78. The highest BCUT2D eigenvalue weighted by Gasteiger charge is 2.43. The number of amides is 1. The van der Waals surface area contributed by atoms with Gasteiger partial charge in [-0.2, -0.15) is 0 Å². The van der Waals surface area contributed by atoms with Gasteiger partial charge >= 0.3 is 0 Å². The number of nitrogens with two attached hydrogens (primary N) is 2. The van der Waals surface area contributed by atoms with Crippen molar-refractivity contribution in [3.05, 3.63) is 16.1 Å². The van der Waals surface area contributed by atoms with E-state index >= 15 is 0 Å². The highest BCUT2D eigenvalue weighted by atomic mass is 32.1. The van der Waals surface area contributed by atoms with Crippen LogP contribution >= 0.6 is 11.3 Å². The zero-order chi connectivity index (χ0) is 12.6. The maximum atomic E-state index is 10.9. The largest absolute Gasteiger partial charge is 0.394 e. The van der Waals surface area contributed by atoms with E-state index in [0.717, 1.165) is 0 Å². The molecule has 7 nitrogen and oxygen atoms in total. The van der Waals surface area contributed by atoms with Gasteiger partial charge in [-0.25, -0.2) is 4.98 Å². The monoisotopic (exact) mass is 259 g/mol. The highest BCUT2D eigenvalue weighted by molar-refractivity contribution is 7.09. The van der Waals surface area contributed by atoms with Gasteiger partial charge in [0.2, 0.25) is 0 Å². The van der Waals surface area contributed by atoms with Crippen molar-refractivity contribution in [2.45, 2.75) is 24.4 Å². The molecule has 0 unspecified atom stereocenters. The first kappa shape index (κ1) is 12.4. The fourth-order valence-corrected chi connectivity index (χ4v) is 2.59. The van der Waals surface area contributed by atoms with Crippen LogP contribution in [0.15, 0.2) is 5.38 Å². The second kappa shape index (κ2) is 4.67. The van der Waals surface area contributed by atoms with Crippen molar-refractivity contribution in [3.8, 4) is 0 Å². The lowest BCUT2D eigenvalue weighted by Gasteiger charge is -2.12. The Hall–Kier alpha value is -1.06. The van der Waals surface area contributed by atoms with E-state index in [4.69, 9.17) is 21.3 Å². The summed E-state index contributed by atoms with van der Waals surface area (Å²) in [7, 11) is 0. The molecular weight excluding hydrogens is 246 g/mol. The van der Waals surface area contributed by atoms with Crippen LogP contribution < -0.4 is 11.5 Å². The van der Waals surface area contributed by atoms with E-state index in [9.17, 15) is 9.90 Å². The molecule has 1 aliphatic rings. The quantitative estimate of drug-likeness (QED) is 0.515. The third-order valence-electron chi connectivity index (χ3n) is 2.64. The highest BCUT2D eigenvalue weighted by Crippen LogP contribution is 2.33. The zero-order valence-electron chi connectivity index (χ0n) is 8.81. The summed E-state index contributed by atoms with van der Waals surface area (Å²) < 4.78 is 5.39. The number of nitrogens with zero attached hydrogens (tertiary/aromatic N) is 1. The summed E-state index contributed by atoms with van der Waals surface area (Å²) >= 11 is 1.18. The Bertz CT molecular complexity index is 424. The molecule has 8 heteroatoms. The standard InChI is InChI=1S/C9H13N3O4S/c10-5-6(14)4(1-13)16-7(5)9-12-3(2-17-9)8(11)15/h2,4-7,13-14H,1,10H2,(H2,11,15)/t4-,5+,6-,7-/m1/s1. The minimum absolute atomic E-state index is 0.141. The molecule has 94 valence electrons. The molecule has 1 amide bonds. The van der Waals surface area contributed by atoms with Gasteiger partial charge in [0.1, 0.15) is 29.0 Å². The maximum absolute atomic E-state index is 10.9. The number of primary amides is 1. The van der Waals surface area contributed by atoms with E-state index in [1.165, 1.54) is 16.7 Å². The topological polar surface area (TPSA) is 132 Å². The second-order valence-corrected chi connectivity index (χ2v) is 4.67. The van der Waals surface area contributed by atoms with Gasteiger partial charge < -0.3 is 26.4 Å². The van der Waals surface area contributed by atoms with Crippen molar-refractivity contribution in [2.75, 3.05) is 6.61 Å². The van der Waals surface area contributed by atoms with Gasteiger partial charge in [0.05, 0.1) is 12.6 Å². The van der Waals surface area contributed by atoms with Crippen molar-refractivity contribution in [3.63, 3.8) is 0 Å². The Morgan fingerprint density at radius 3 is 2.82 bits per heavy atom. The molecule has 6 N–H and O–H groups in total. The normalized spacial score (nSPS) is 32.9. The van der Waals surface area contributed by atoms with E-state index in [2.05, 4.69) is 4.98 Å². The van der Waals surface area contributed by atoms with Gasteiger partial charge in [-0.3, -0.25) is 4.79 Å². The molecule has 1 aromatic rings. The maximum Gasteiger partial charge on any atom is 0.268 e. The molecule has 2 heterocycles. The van der Waals surface area contributed by atoms with Crippen molar-refractivity contribution in [1.29, 1.82) is 0 Å². The van der Waals surface area contributed by atoms with Crippen molar-refractivity contribution in [1.82, 2.24) is 4.98 Å². The van der Waals surface area contributed by atoms with E-state index in [-0.39, 0.29) is 12.3 Å². The number of carbonyl (C=O) groups excluding carboxylic acids is 1. The number of aliphatic hydroxyl groups is 2. The minimum atomic E-state index is -0.953. The predicted molar refractivity (Wildman–Crippen MR) is 59.3 cm³/mol. The lowest BCUT2D eigenvalue weighted by atomic mass is 10.1. The van der Waals surface area contributed by atoms with Crippen LogP contribution in [0, 0.1) is 0 Å². The number of ether oxygens (including phenoxy) is 1.